The van der Waals surface area contributed by atoms with Crippen LogP contribution in [0.5, 0.6) is 0 Å². The maximum atomic E-state index is 11.1. The van der Waals surface area contributed by atoms with E-state index in [4.69, 9.17) is 0 Å². The molecule has 4 nitrogen and oxygen atoms in total. The summed E-state index contributed by atoms with van der Waals surface area (Å²) in [7, 11) is 0. The summed E-state index contributed by atoms with van der Waals surface area (Å²) in [6.45, 7) is 0.908. The van der Waals surface area contributed by atoms with E-state index < -0.39 is 5.97 Å². The maximum Gasteiger partial charge on any atom is 0.303 e. The molecule has 0 amide bonds. The van der Waals surface area contributed by atoms with Crippen molar-refractivity contribution in [3.8, 4) is 0 Å². The fourth-order valence-corrected chi connectivity index (χ4v) is 5.81. The van der Waals surface area contributed by atoms with E-state index in [2.05, 4.69) is 34.2 Å². The van der Waals surface area contributed by atoms with Crippen molar-refractivity contribution in [2.24, 2.45) is 22.7 Å². The third-order valence-corrected chi connectivity index (χ3v) is 6.93. The highest BCUT2D eigenvalue weighted by Crippen LogP contribution is 2.55. The predicted molar refractivity (Wildman–Crippen MR) is 102 cm³/mol. The number of rotatable bonds is 3. The van der Waals surface area contributed by atoms with E-state index in [1.807, 2.05) is 6.21 Å². The molecule has 5 rings (SSSR count). The topological polar surface area (TPSA) is 52.9 Å². The van der Waals surface area contributed by atoms with E-state index in [1.165, 1.54) is 29.7 Å². The Hall–Kier alpha value is -2.10. The predicted octanol–water partition coefficient (Wildman–Crippen LogP) is 4.08. The van der Waals surface area contributed by atoms with Crippen molar-refractivity contribution in [2.75, 3.05) is 6.54 Å². The van der Waals surface area contributed by atoms with Crippen LogP contribution >= 0.6 is 0 Å². The van der Waals surface area contributed by atoms with Gasteiger partial charge in [0.15, 0.2) is 0 Å². The SMILES string of the molecule is O=C(O)CCC1CC[C@H]2C3=C1CC=C1C=CCCC1N3C1=CC=NC[C@@H]12. The van der Waals surface area contributed by atoms with Crippen molar-refractivity contribution in [3.05, 3.63) is 46.8 Å². The number of fused-ring (bicyclic) bond motifs is 5. The highest BCUT2D eigenvalue weighted by molar-refractivity contribution is 5.74. The van der Waals surface area contributed by atoms with E-state index in [0.717, 1.165) is 32.2 Å². The summed E-state index contributed by atoms with van der Waals surface area (Å²) in [6, 6.07) is 0.455. The van der Waals surface area contributed by atoms with Crippen LogP contribution in [0.4, 0.5) is 0 Å². The molecule has 4 heteroatoms. The molecule has 0 saturated carbocycles. The number of carboxylic acid groups (broad SMARTS) is 1. The quantitative estimate of drug-likeness (QED) is 0.834. The molecule has 1 N–H and O–H groups in total. The number of allylic oxidation sites excluding steroid dienone is 5. The molecule has 3 heterocycles. The molecule has 0 bridgehead atoms. The fourth-order valence-electron chi connectivity index (χ4n) is 5.81. The smallest absolute Gasteiger partial charge is 0.303 e. The van der Waals surface area contributed by atoms with Crippen molar-refractivity contribution in [3.63, 3.8) is 0 Å². The summed E-state index contributed by atoms with van der Waals surface area (Å²) in [5.41, 5.74) is 5.97. The van der Waals surface area contributed by atoms with Gasteiger partial charge in [0, 0.05) is 42.4 Å². The van der Waals surface area contributed by atoms with Gasteiger partial charge in [-0.05, 0) is 61.7 Å². The molecular formula is C22H26N2O2. The number of aliphatic carboxylic acids is 1. The van der Waals surface area contributed by atoms with Crippen LogP contribution in [-0.2, 0) is 4.79 Å². The number of dihydropyridines is 1. The van der Waals surface area contributed by atoms with Crippen molar-refractivity contribution < 1.29 is 9.90 Å². The largest absolute Gasteiger partial charge is 0.481 e. The van der Waals surface area contributed by atoms with Gasteiger partial charge in [0.25, 0.3) is 0 Å². The van der Waals surface area contributed by atoms with Crippen molar-refractivity contribution in [1.29, 1.82) is 0 Å². The molecule has 1 fully saturated rings. The number of hydrogen-bond donors (Lipinski definition) is 1. The van der Waals surface area contributed by atoms with Crippen molar-refractivity contribution in [2.45, 2.75) is 51.0 Å². The van der Waals surface area contributed by atoms with Gasteiger partial charge in [-0.25, -0.2) is 0 Å². The summed E-state index contributed by atoms with van der Waals surface area (Å²) in [5.74, 6) is 0.848. The molecule has 0 radical (unpaired) electrons. The first-order chi connectivity index (χ1) is 12.7. The summed E-state index contributed by atoms with van der Waals surface area (Å²) >= 11 is 0. The van der Waals surface area contributed by atoms with Crippen LogP contribution in [0.1, 0.15) is 44.9 Å². The van der Waals surface area contributed by atoms with Gasteiger partial charge in [-0.15, -0.1) is 0 Å². The first-order valence-electron chi connectivity index (χ1n) is 10.0. The molecule has 4 atom stereocenters. The van der Waals surface area contributed by atoms with Crippen LogP contribution in [-0.4, -0.2) is 34.8 Å². The Morgan fingerprint density at radius 2 is 2.19 bits per heavy atom. The van der Waals surface area contributed by atoms with E-state index in [-0.39, 0.29) is 6.42 Å². The van der Waals surface area contributed by atoms with Crippen LogP contribution in [0.2, 0.25) is 0 Å². The van der Waals surface area contributed by atoms with Gasteiger partial charge < -0.3 is 10.0 Å². The zero-order valence-electron chi connectivity index (χ0n) is 15.1. The lowest BCUT2D eigenvalue weighted by Crippen LogP contribution is -2.34. The minimum atomic E-state index is -0.672. The third-order valence-electron chi connectivity index (χ3n) is 6.93. The summed E-state index contributed by atoms with van der Waals surface area (Å²) < 4.78 is 0. The normalized spacial score (nSPS) is 34.5. The molecule has 5 aliphatic rings. The minimum Gasteiger partial charge on any atom is -0.481 e. The van der Waals surface area contributed by atoms with E-state index in [1.54, 1.807) is 5.70 Å². The monoisotopic (exact) mass is 350 g/mol. The second-order valence-electron chi connectivity index (χ2n) is 8.21. The number of carboxylic acids is 1. The van der Waals surface area contributed by atoms with Gasteiger partial charge in [-0.1, -0.05) is 18.2 Å². The molecule has 26 heavy (non-hydrogen) atoms. The Bertz CT molecular complexity index is 786. The van der Waals surface area contributed by atoms with Gasteiger partial charge >= 0.3 is 5.97 Å². The lowest BCUT2D eigenvalue weighted by Gasteiger charge is -2.37. The highest BCUT2D eigenvalue weighted by Gasteiger charge is 2.49. The van der Waals surface area contributed by atoms with Crippen LogP contribution in [0.3, 0.4) is 0 Å². The second kappa shape index (κ2) is 6.26. The Labute approximate surface area is 154 Å². The number of nitrogens with zero attached hydrogens (tertiary/aromatic N) is 2. The highest BCUT2D eigenvalue weighted by atomic mass is 16.4. The van der Waals surface area contributed by atoms with Gasteiger partial charge in [-0.3, -0.25) is 9.79 Å². The number of hydrogen-bond acceptors (Lipinski definition) is 3. The first kappa shape index (κ1) is 16.1. The molecule has 0 aromatic heterocycles. The van der Waals surface area contributed by atoms with Gasteiger partial charge in [0.05, 0.1) is 6.04 Å². The van der Waals surface area contributed by atoms with Crippen LogP contribution in [0.25, 0.3) is 0 Å². The van der Waals surface area contributed by atoms with Crippen molar-refractivity contribution in [1.82, 2.24) is 4.90 Å². The molecule has 0 aromatic carbocycles. The van der Waals surface area contributed by atoms with E-state index in [0.29, 0.717) is 23.8 Å². The molecular weight excluding hydrogens is 324 g/mol. The molecule has 2 aliphatic carbocycles. The average Bonchev–Trinajstić information content (AvgIpc) is 2.88. The zero-order valence-corrected chi connectivity index (χ0v) is 15.1. The van der Waals surface area contributed by atoms with Crippen LogP contribution in [0, 0.1) is 17.8 Å². The average molecular weight is 350 g/mol. The zero-order chi connectivity index (χ0) is 17.7. The Morgan fingerprint density at radius 1 is 1.27 bits per heavy atom. The molecule has 1 saturated heterocycles. The first-order valence-corrected chi connectivity index (χ1v) is 10.0. The van der Waals surface area contributed by atoms with Crippen LogP contribution < -0.4 is 0 Å². The van der Waals surface area contributed by atoms with Gasteiger partial charge in [0.1, 0.15) is 0 Å². The Morgan fingerprint density at radius 3 is 3.08 bits per heavy atom. The lowest BCUT2D eigenvalue weighted by atomic mass is 9.73. The van der Waals surface area contributed by atoms with E-state index >= 15 is 0 Å². The standard InChI is InChI=1S/C22H26N2O2/c25-21(26)10-7-14-5-9-17-18-13-23-12-11-20(18)24-19-4-2-1-3-15(19)6-8-16(14)22(17)24/h1,3,6,11-12,14,17-19H,2,4-5,7-10,13H2,(H,25,26)/t14?,17-,18-,19?/m1/s1. The summed E-state index contributed by atoms with van der Waals surface area (Å²) in [6.07, 6.45) is 17.9. The summed E-state index contributed by atoms with van der Waals surface area (Å²) in [4.78, 5) is 18.4. The molecule has 136 valence electrons. The molecule has 0 aromatic rings. The van der Waals surface area contributed by atoms with Gasteiger partial charge in [-0.2, -0.15) is 0 Å². The summed E-state index contributed by atoms with van der Waals surface area (Å²) in [5, 5.41) is 9.18. The fraction of sp³-hybridized carbons (Fsp3) is 0.545. The van der Waals surface area contributed by atoms with Crippen molar-refractivity contribution >= 4 is 12.2 Å². The molecule has 3 aliphatic heterocycles. The third kappa shape index (κ3) is 2.42. The Kier molecular flexibility index (Phi) is 3.87. The molecule has 2 unspecified atom stereocenters. The Balaban J connectivity index is 1.61. The van der Waals surface area contributed by atoms with Gasteiger partial charge in [0.2, 0.25) is 0 Å². The number of carbonyl (C=O) groups is 1. The molecule has 0 spiro atoms. The maximum absolute atomic E-state index is 11.1. The van der Waals surface area contributed by atoms with E-state index in [9.17, 15) is 9.90 Å². The second-order valence-corrected chi connectivity index (χ2v) is 8.21. The lowest BCUT2D eigenvalue weighted by molar-refractivity contribution is -0.137. The minimum absolute atomic E-state index is 0.279. The van der Waals surface area contributed by atoms with Crippen LogP contribution in [0.15, 0.2) is 51.8 Å². The number of aliphatic imine (C=N–C) groups is 1.